The normalized spacial score (nSPS) is 10.6. The second-order valence-corrected chi connectivity index (χ2v) is 5.48. The molecule has 27 heavy (non-hydrogen) atoms. The van der Waals surface area contributed by atoms with Gasteiger partial charge in [0.25, 0.3) is 0 Å². The molecule has 6 heteroatoms. The van der Waals surface area contributed by atoms with E-state index >= 15 is 0 Å². The smallest absolute Gasteiger partial charge is 0.248 e. The fourth-order valence-corrected chi connectivity index (χ4v) is 2.35. The van der Waals surface area contributed by atoms with Crippen molar-refractivity contribution < 1.29 is 23.7 Å². The standard InChI is InChI=1S/C21H25NO5/c1-4-26-13-14-27-18-8-6-5-7-17(18)22-21(23)12-10-16-9-11-19(24-2)20(15-16)25-3/h5-12,15H,4,13-14H2,1-3H3,(H,22,23)/b12-10+. The Bertz CT molecular complexity index is 773. The van der Waals surface area contributed by atoms with Crippen LogP contribution < -0.4 is 19.5 Å². The number of para-hydroxylation sites is 2. The number of nitrogens with one attached hydrogen (secondary N) is 1. The molecule has 2 aromatic rings. The molecule has 0 aliphatic rings. The summed E-state index contributed by atoms with van der Waals surface area (Å²) >= 11 is 0. The zero-order valence-corrected chi connectivity index (χ0v) is 15.9. The lowest BCUT2D eigenvalue weighted by molar-refractivity contribution is -0.111. The van der Waals surface area contributed by atoms with E-state index in [4.69, 9.17) is 18.9 Å². The number of carbonyl (C=O) groups excluding carboxylic acids is 1. The number of benzene rings is 2. The maximum Gasteiger partial charge on any atom is 0.248 e. The molecule has 0 unspecified atom stereocenters. The van der Waals surface area contributed by atoms with Crippen LogP contribution in [0.4, 0.5) is 5.69 Å². The number of hydrogen-bond acceptors (Lipinski definition) is 5. The third kappa shape index (κ3) is 6.34. The molecular weight excluding hydrogens is 346 g/mol. The van der Waals surface area contributed by atoms with Gasteiger partial charge in [0.2, 0.25) is 5.91 Å². The number of anilines is 1. The highest BCUT2D eigenvalue weighted by atomic mass is 16.5. The minimum atomic E-state index is -0.259. The van der Waals surface area contributed by atoms with Gasteiger partial charge in [-0.3, -0.25) is 4.79 Å². The number of hydrogen-bond donors (Lipinski definition) is 1. The molecule has 0 heterocycles. The molecule has 0 spiro atoms. The van der Waals surface area contributed by atoms with Gasteiger partial charge in [0.15, 0.2) is 11.5 Å². The van der Waals surface area contributed by atoms with E-state index in [0.29, 0.717) is 42.8 Å². The average Bonchev–Trinajstić information content (AvgIpc) is 2.70. The fourth-order valence-electron chi connectivity index (χ4n) is 2.35. The molecule has 0 aromatic heterocycles. The second kappa shape index (κ2) is 10.9. The van der Waals surface area contributed by atoms with Crippen LogP contribution in [0.2, 0.25) is 0 Å². The summed E-state index contributed by atoms with van der Waals surface area (Å²) in [7, 11) is 3.15. The largest absolute Gasteiger partial charge is 0.493 e. The van der Waals surface area contributed by atoms with Gasteiger partial charge in [0, 0.05) is 12.7 Å². The van der Waals surface area contributed by atoms with Crippen molar-refractivity contribution in [3.05, 3.63) is 54.1 Å². The minimum Gasteiger partial charge on any atom is -0.493 e. The number of amides is 1. The molecule has 2 aromatic carbocycles. The molecule has 0 saturated heterocycles. The van der Waals surface area contributed by atoms with Crippen molar-refractivity contribution in [1.82, 2.24) is 0 Å². The second-order valence-electron chi connectivity index (χ2n) is 5.48. The Balaban J connectivity index is 2.00. The summed E-state index contributed by atoms with van der Waals surface area (Å²) in [5, 5.41) is 2.83. The van der Waals surface area contributed by atoms with Gasteiger partial charge in [-0.25, -0.2) is 0 Å². The number of carbonyl (C=O) groups is 1. The van der Waals surface area contributed by atoms with Crippen molar-refractivity contribution in [3.63, 3.8) is 0 Å². The first-order valence-corrected chi connectivity index (χ1v) is 8.68. The van der Waals surface area contributed by atoms with Gasteiger partial charge in [0.05, 0.1) is 26.5 Å². The Hall–Kier alpha value is -2.99. The molecule has 0 saturated carbocycles. The Morgan fingerprint density at radius 3 is 2.52 bits per heavy atom. The van der Waals surface area contributed by atoms with Crippen LogP contribution in [-0.2, 0) is 9.53 Å². The minimum absolute atomic E-state index is 0.259. The van der Waals surface area contributed by atoms with Gasteiger partial charge in [-0.1, -0.05) is 18.2 Å². The molecule has 1 N–H and O–H groups in total. The first-order valence-electron chi connectivity index (χ1n) is 8.68. The van der Waals surface area contributed by atoms with Crippen LogP contribution in [0.1, 0.15) is 12.5 Å². The summed E-state index contributed by atoms with van der Waals surface area (Å²) in [6, 6.07) is 12.7. The Labute approximate surface area is 159 Å². The maximum atomic E-state index is 12.3. The van der Waals surface area contributed by atoms with Crippen LogP contribution in [-0.4, -0.2) is 39.9 Å². The van der Waals surface area contributed by atoms with E-state index in [-0.39, 0.29) is 5.91 Å². The Morgan fingerprint density at radius 1 is 1.00 bits per heavy atom. The van der Waals surface area contributed by atoms with Crippen molar-refractivity contribution in [2.75, 3.05) is 39.4 Å². The van der Waals surface area contributed by atoms with Crippen molar-refractivity contribution in [1.29, 1.82) is 0 Å². The lowest BCUT2D eigenvalue weighted by Crippen LogP contribution is -2.11. The lowest BCUT2D eigenvalue weighted by atomic mass is 10.2. The van der Waals surface area contributed by atoms with E-state index in [2.05, 4.69) is 5.32 Å². The number of methoxy groups -OCH3 is 2. The third-order valence-corrected chi connectivity index (χ3v) is 3.67. The monoisotopic (exact) mass is 371 g/mol. The summed E-state index contributed by atoms with van der Waals surface area (Å²) in [6.07, 6.45) is 3.16. The number of rotatable bonds is 10. The van der Waals surface area contributed by atoms with Crippen LogP contribution in [0.5, 0.6) is 17.2 Å². The highest BCUT2D eigenvalue weighted by Gasteiger charge is 2.06. The maximum absolute atomic E-state index is 12.3. The van der Waals surface area contributed by atoms with Gasteiger partial charge in [-0.15, -0.1) is 0 Å². The summed E-state index contributed by atoms with van der Waals surface area (Å²) in [5.41, 5.74) is 1.43. The van der Waals surface area contributed by atoms with E-state index < -0.39 is 0 Å². The molecule has 0 radical (unpaired) electrons. The first-order chi connectivity index (χ1) is 13.2. The molecule has 2 rings (SSSR count). The van der Waals surface area contributed by atoms with Crippen molar-refractivity contribution >= 4 is 17.7 Å². The van der Waals surface area contributed by atoms with Gasteiger partial charge in [0.1, 0.15) is 12.4 Å². The van der Waals surface area contributed by atoms with Crippen LogP contribution in [0, 0.1) is 0 Å². The summed E-state index contributed by atoms with van der Waals surface area (Å²) < 4.78 is 21.4. The fraction of sp³-hybridized carbons (Fsp3) is 0.286. The lowest BCUT2D eigenvalue weighted by Gasteiger charge is -2.11. The molecule has 0 aliphatic heterocycles. The predicted octanol–water partition coefficient (Wildman–Crippen LogP) is 3.77. The molecule has 0 fully saturated rings. The van der Waals surface area contributed by atoms with Gasteiger partial charge in [-0.2, -0.15) is 0 Å². The molecule has 6 nitrogen and oxygen atoms in total. The highest BCUT2D eigenvalue weighted by molar-refractivity contribution is 6.02. The van der Waals surface area contributed by atoms with E-state index in [9.17, 15) is 4.79 Å². The van der Waals surface area contributed by atoms with E-state index in [1.54, 1.807) is 44.6 Å². The van der Waals surface area contributed by atoms with Gasteiger partial charge >= 0.3 is 0 Å². The van der Waals surface area contributed by atoms with E-state index in [1.165, 1.54) is 6.08 Å². The van der Waals surface area contributed by atoms with Gasteiger partial charge in [-0.05, 0) is 42.8 Å². The molecule has 1 amide bonds. The third-order valence-electron chi connectivity index (χ3n) is 3.67. The van der Waals surface area contributed by atoms with Crippen molar-refractivity contribution in [2.45, 2.75) is 6.92 Å². The first kappa shape index (κ1) is 20.3. The summed E-state index contributed by atoms with van der Waals surface area (Å²) in [4.78, 5) is 12.3. The van der Waals surface area contributed by atoms with Crippen LogP contribution in [0.25, 0.3) is 6.08 Å². The zero-order chi connectivity index (χ0) is 19.5. The van der Waals surface area contributed by atoms with Crippen molar-refractivity contribution in [3.8, 4) is 17.2 Å². The van der Waals surface area contributed by atoms with E-state index in [0.717, 1.165) is 5.56 Å². The zero-order valence-electron chi connectivity index (χ0n) is 15.9. The van der Waals surface area contributed by atoms with Crippen molar-refractivity contribution in [2.24, 2.45) is 0 Å². The van der Waals surface area contributed by atoms with Gasteiger partial charge < -0.3 is 24.3 Å². The molecule has 0 aliphatic carbocycles. The SMILES string of the molecule is CCOCCOc1ccccc1NC(=O)/C=C/c1ccc(OC)c(OC)c1. The topological polar surface area (TPSA) is 66.0 Å². The van der Waals surface area contributed by atoms with Crippen LogP contribution in [0.3, 0.4) is 0 Å². The molecular formula is C21H25NO5. The molecule has 144 valence electrons. The predicted molar refractivity (Wildman–Crippen MR) is 106 cm³/mol. The summed E-state index contributed by atoms with van der Waals surface area (Å²) in [5.74, 6) is 1.58. The van der Waals surface area contributed by atoms with Crippen LogP contribution >= 0.6 is 0 Å². The average molecular weight is 371 g/mol. The highest BCUT2D eigenvalue weighted by Crippen LogP contribution is 2.28. The van der Waals surface area contributed by atoms with E-state index in [1.807, 2.05) is 25.1 Å². The summed E-state index contributed by atoms with van der Waals surface area (Å²) in [6.45, 7) is 3.49. The Morgan fingerprint density at radius 2 is 1.78 bits per heavy atom. The molecule has 0 bridgehead atoms. The van der Waals surface area contributed by atoms with Crippen LogP contribution in [0.15, 0.2) is 48.5 Å². The Kier molecular flexibility index (Phi) is 8.19. The quantitative estimate of drug-likeness (QED) is 0.509. The number of ether oxygens (including phenoxy) is 4. The molecule has 0 atom stereocenters.